The highest BCUT2D eigenvalue weighted by Crippen LogP contribution is 2.59. The summed E-state index contributed by atoms with van der Waals surface area (Å²) < 4.78 is 15.1. The van der Waals surface area contributed by atoms with Gasteiger partial charge >= 0.3 is 0 Å². The first-order valence-corrected chi connectivity index (χ1v) is 13.2. The maximum absolute atomic E-state index is 15.1. The molecule has 4 aliphatic carbocycles. The number of anilines is 2. The van der Waals surface area contributed by atoms with Crippen molar-refractivity contribution in [2.24, 2.45) is 23.2 Å². The Bertz CT molecular complexity index is 999. The summed E-state index contributed by atoms with van der Waals surface area (Å²) in [7, 11) is 0. The second kappa shape index (κ2) is 7.94. The minimum absolute atomic E-state index is 0.0665. The lowest BCUT2D eigenvalue weighted by Gasteiger charge is -2.61. The molecule has 34 heavy (non-hydrogen) atoms. The number of rotatable bonds is 4. The summed E-state index contributed by atoms with van der Waals surface area (Å²) in [6.45, 7) is 3.84. The largest absolute Gasteiger partial charge is 0.393 e. The fourth-order valence-corrected chi connectivity index (χ4v) is 8.36. The molecule has 2 heterocycles. The number of amides is 2. The van der Waals surface area contributed by atoms with Crippen LogP contribution in [0.1, 0.15) is 64.7 Å². The molecule has 2 unspecified atom stereocenters. The number of carbonyl (C=O) groups is 2. The second-order valence-corrected chi connectivity index (χ2v) is 11.8. The third-order valence-electron chi connectivity index (χ3n) is 9.75. The van der Waals surface area contributed by atoms with Crippen molar-refractivity contribution in [2.45, 2.75) is 76.4 Å². The number of aliphatic hydroxyl groups is 1. The van der Waals surface area contributed by atoms with Gasteiger partial charge in [0.05, 0.1) is 17.2 Å². The van der Waals surface area contributed by atoms with Crippen molar-refractivity contribution in [3.05, 3.63) is 24.0 Å². The number of piperidine rings is 1. The average Bonchev–Trinajstić information content (AvgIpc) is 3.12. The molecule has 6 aliphatic rings. The molecule has 1 aromatic rings. The number of halogens is 1. The van der Waals surface area contributed by atoms with Crippen LogP contribution >= 0.6 is 0 Å². The van der Waals surface area contributed by atoms with Gasteiger partial charge in [0.1, 0.15) is 5.82 Å². The fraction of sp³-hybridized carbons (Fsp3) is 0.704. The summed E-state index contributed by atoms with van der Waals surface area (Å²) in [4.78, 5) is 30.0. The van der Waals surface area contributed by atoms with Gasteiger partial charge in [0, 0.05) is 37.3 Å². The number of carbonyl (C=O) groups excluding carboxylic acids is 2. The molecule has 2 saturated heterocycles. The molecular weight excluding hydrogens is 433 g/mol. The summed E-state index contributed by atoms with van der Waals surface area (Å²) in [5, 5.41) is 13.4. The Morgan fingerprint density at radius 1 is 1.18 bits per heavy atom. The molecule has 1 spiro atoms. The van der Waals surface area contributed by atoms with Crippen LogP contribution in [-0.2, 0) is 9.59 Å². The van der Waals surface area contributed by atoms with Gasteiger partial charge in [-0.2, -0.15) is 0 Å². The molecule has 4 bridgehead atoms. The van der Waals surface area contributed by atoms with E-state index in [2.05, 4.69) is 10.2 Å². The van der Waals surface area contributed by atoms with Gasteiger partial charge in [-0.05, 0) is 87.3 Å². The zero-order valence-corrected chi connectivity index (χ0v) is 20.1. The van der Waals surface area contributed by atoms with E-state index in [1.54, 1.807) is 19.1 Å². The van der Waals surface area contributed by atoms with Crippen molar-refractivity contribution >= 4 is 23.2 Å². The van der Waals surface area contributed by atoms with Crippen LogP contribution in [0.2, 0.25) is 0 Å². The van der Waals surface area contributed by atoms with Crippen LogP contribution in [-0.4, -0.2) is 53.1 Å². The van der Waals surface area contributed by atoms with Crippen molar-refractivity contribution in [2.75, 3.05) is 29.9 Å². The topological polar surface area (TPSA) is 72.9 Å². The number of hydrogen-bond donors (Lipinski definition) is 2. The first-order valence-electron chi connectivity index (χ1n) is 13.2. The quantitative estimate of drug-likeness (QED) is 0.701. The van der Waals surface area contributed by atoms with E-state index >= 15 is 4.39 Å². The van der Waals surface area contributed by atoms with E-state index in [1.807, 2.05) is 4.90 Å². The fourth-order valence-electron chi connectivity index (χ4n) is 8.36. The lowest BCUT2D eigenvalue weighted by atomic mass is 9.51. The number of aliphatic hydroxyl groups excluding tert-OH is 1. The highest BCUT2D eigenvalue weighted by molar-refractivity contribution is 5.90. The summed E-state index contributed by atoms with van der Waals surface area (Å²) >= 11 is 0. The van der Waals surface area contributed by atoms with E-state index in [9.17, 15) is 14.7 Å². The van der Waals surface area contributed by atoms with E-state index in [4.69, 9.17) is 0 Å². The molecule has 0 radical (unpaired) electrons. The van der Waals surface area contributed by atoms with Crippen molar-refractivity contribution in [1.82, 2.24) is 4.90 Å². The maximum Gasteiger partial charge on any atom is 0.231 e. The molecule has 6 fully saturated rings. The van der Waals surface area contributed by atoms with Gasteiger partial charge in [-0.3, -0.25) is 9.59 Å². The molecule has 4 saturated carbocycles. The van der Waals surface area contributed by atoms with E-state index < -0.39 is 5.41 Å². The smallest absolute Gasteiger partial charge is 0.231 e. The molecule has 2 N–H and O–H groups in total. The summed E-state index contributed by atoms with van der Waals surface area (Å²) in [6, 6.07) is 4.86. The van der Waals surface area contributed by atoms with Crippen LogP contribution < -0.4 is 10.2 Å². The molecule has 2 amide bonds. The summed E-state index contributed by atoms with van der Waals surface area (Å²) in [5.74, 6) is 1.11. The van der Waals surface area contributed by atoms with Gasteiger partial charge in [-0.25, -0.2) is 4.39 Å². The Kier molecular flexibility index (Phi) is 5.21. The van der Waals surface area contributed by atoms with Crippen molar-refractivity contribution in [3.63, 3.8) is 0 Å². The van der Waals surface area contributed by atoms with E-state index in [0.29, 0.717) is 42.1 Å². The molecule has 6 nitrogen and oxygen atoms in total. The number of nitrogens with one attached hydrogen (secondary N) is 1. The molecule has 7 heteroatoms. The Hall–Kier alpha value is -2.15. The zero-order valence-electron chi connectivity index (χ0n) is 20.1. The average molecular weight is 470 g/mol. The summed E-state index contributed by atoms with van der Waals surface area (Å²) in [6.07, 6.45) is 7.96. The lowest BCUT2D eigenvalue weighted by Crippen LogP contribution is -2.65. The summed E-state index contributed by atoms with van der Waals surface area (Å²) in [5.41, 5.74) is 0.467. The van der Waals surface area contributed by atoms with Gasteiger partial charge in [0.2, 0.25) is 11.8 Å². The molecule has 1 aromatic carbocycles. The normalized spacial score (nSPS) is 38.7. The third kappa shape index (κ3) is 3.37. The number of hydrogen-bond acceptors (Lipinski definition) is 4. The van der Waals surface area contributed by atoms with Gasteiger partial charge in [0.15, 0.2) is 0 Å². The minimum atomic E-state index is -0.443. The molecular formula is C27H36FN3O3. The Morgan fingerprint density at radius 3 is 2.65 bits per heavy atom. The van der Waals surface area contributed by atoms with E-state index in [1.165, 1.54) is 6.07 Å². The van der Waals surface area contributed by atoms with Crippen LogP contribution in [0.3, 0.4) is 0 Å². The van der Waals surface area contributed by atoms with Crippen molar-refractivity contribution in [3.8, 4) is 0 Å². The van der Waals surface area contributed by atoms with Gasteiger partial charge in [-0.1, -0.05) is 6.92 Å². The Balaban J connectivity index is 1.21. The minimum Gasteiger partial charge on any atom is -0.393 e. The highest BCUT2D eigenvalue weighted by Gasteiger charge is 2.62. The standard InChI is InChI=1S/C27H36FN3O3/c1-2-23(32)29-20-4-5-22(21(28)12-20)30-8-3-6-26(16-30)7-9-31(25(26)34)27-13-17-10-18(14-27)24(33)19(11-17)15-27/h4-5,12,17-19,24,33H,2-3,6-11,13-16H2,1H3,(H,29,32)/t17?,18?,19?,24?,26-,27?/m1/s1. The Morgan fingerprint density at radius 2 is 1.94 bits per heavy atom. The van der Waals surface area contributed by atoms with Crippen molar-refractivity contribution < 1.29 is 19.1 Å². The monoisotopic (exact) mass is 469 g/mol. The molecule has 2 aliphatic heterocycles. The maximum atomic E-state index is 15.1. The molecule has 0 aromatic heterocycles. The third-order valence-corrected chi connectivity index (χ3v) is 9.75. The Labute approximate surface area is 200 Å². The number of benzene rings is 1. The number of nitrogens with zero attached hydrogens (tertiary/aromatic N) is 2. The van der Waals surface area contributed by atoms with Gasteiger partial charge < -0.3 is 20.2 Å². The van der Waals surface area contributed by atoms with Crippen LogP contribution in [0.5, 0.6) is 0 Å². The predicted octanol–water partition coefficient (Wildman–Crippen LogP) is 3.93. The van der Waals surface area contributed by atoms with E-state index in [0.717, 1.165) is 64.5 Å². The first-order chi connectivity index (χ1) is 16.3. The molecule has 184 valence electrons. The lowest BCUT2D eigenvalue weighted by molar-refractivity contribution is -0.167. The van der Waals surface area contributed by atoms with Crippen LogP contribution in [0.25, 0.3) is 0 Å². The SMILES string of the molecule is CCC(=O)Nc1ccc(N2CCC[C@@]3(CCN(C45CC6CC(C4)C(O)C(C6)C5)C3=O)C2)c(F)c1. The predicted molar refractivity (Wildman–Crippen MR) is 128 cm³/mol. The molecule has 7 rings (SSSR count). The van der Waals surface area contributed by atoms with Crippen molar-refractivity contribution in [1.29, 1.82) is 0 Å². The highest BCUT2D eigenvalue weighted by atomic mass is 19.1. The number of likely N-dealkylation sites (tertiary alicyclic amines) is 1. The van der Waals surface area contributed by atoms with Crippen LogP contribution in [0.15, 0.2) is 18.2 Å². The van der Waals surface area contributed by atoms with E-state index in [-0.39, 0.29) is 29.3 Å². The zero-order chi connectivity index (χ0) is 23.7. The van der Waals surface area contributed by atoms with Crippen LogP contribution in [0.4, 0.5) is 15.8 Å². The molecule has 3 atom stereocenters. The van der Waals surface area contributed by atoms with Crippen LogP contribution in [0, 0.1) is 29.0 Å². The van der Waals surface area contributed by atoms with Gasteiger partial charge in [0.25, 0.3) is 0 Å². The first kappa shape index (κ1) is 22.3. The van der Waals surface area contributed by atoms with Gasteiger partial charge in [-0.15, -0.1) is 0 Å². The second-order valence-electron chi connectivity index (χ2n) is 11.8.